The van der Waals surface area contributed by atoms with Gasteiger partial charge in [-0.05, 0) is 33.3 Å². The Bertz CT molecular complexity index is 646. The van der Waals surface area contributed by atoms with Crippen LogP contribution < -0.4 is 10.6 Å². The fraction of sp³-hybridized carbons (Fsp3) is 0.429. The lowest BCUT2D eigenvalue weighted by molar-refractivity contribution is -0.385. The molecule has 1 aromatic rings. The zero-order chi connectivity index (χ0) is 17.8. The maximum Gasteiger partial charge on any atom is 0.319 e. The van der Waals surface area contributed by atoms with Crippen molar-refractivity contribution in [1.82, 2.24) is 5.32 Å². The molecular formula is C14H18BrN3O5. The highest BCUT2D eigenvalue weighted by molar-refractivity contribution is 9.10. The van der Waals surface area contributed by atoms with Gasteiger partial charge in [0, 0.05) is 22.5 Å². The Hall–Kier alpha value is -2.16. The number of anilines is 1. The fourth-order valence-corrected chi connectivity index (χ4v) is 2.37. The quantitative estimate of drug-likeness (QED) is 0.509. The minimum atomic E-state index is -0.946. The van der Waals surface area contributed by atoms with E-state index in [0.717, 1.165) is 0 Å². The molecule has 0 atom stereocenters. The standard InChI is InChI=1S/C14H18BrN3O5/c1-8-10(6-9(15)7-11(8)18(22)23)16-13(21)17-14(2,3)5-4-12(19)20/h6-7H,4-5H2,1-3H3,(H,19,20)(H2,16,17,21). The number of rotatable bonds is 6. The first kappa shape index (κ1) is 18.9. The average Bonchev–Trinajstić information content (AvgIpc) is 2.39. The smallest absolute Gasteiger partial charge is 0.319 e. The summed E-state index contributed by atoms with van der Waals surface area (Å²) < 4.78 is 0.468. The second-order valence-electron chi connectivity index (χ2n) is 5.71. The van der Waals surface area contributed by atoms with Crippen LogP contribution >= 0.6 is 15.9 Å². The number of urea groups is 1. The van der Waals surface area contributed by atoms with Crippen molar-refractivity contribution in [3.63, 3.8) is 0 Å². The lowest BCUT2D eigenvalue weighted by atomic mass is 9.99. The largest absolute Gasteiger partial charge is 0.481 e. The van der Waals surface area contributed by atoms with Gasteiger partial charge in [0.25, 0.3) is 5.69 Å². The number of carboxylic acids is 1. The fourth-order valence-electron chi connectivity index (χ4n) is 1.93. The van der Waals surface area contributed by atoms with Crippen LogP contribution in [0.4, 0.5) is 16.2 Å². The van der Waals surface area contributed by atoms with Gasteiger partial charge in [-0.25, -0.2) is 4.79 Å². The molecule has 0 aliphatic rings. The van der Waals surface area contributed by atoms with Gasteiger partial charge in [0.2, 0.25) is 0 Å². The number of hydrogen-bond donors (Lipinski definition) is 3. The van der Waals surface area contributed by atoms with Crippen molar-refractivity contribution in [2.75, 3.05) is 5.32 Å². The number of nitrogens with one attached hydrogen (secondary N) is 2. The van der Waals surface area contributed by atoms with E-state index in [0.29, 0.717) is 15.7 Å². The number of benzene rings is 1. The molecular weight excluding hydrogens is 370 g/mol. The van der Waals surface area contributed by atoms with Gasteiger partial charge in [-0.15, -0.1) is 0 Å². The second-order valence-corrected chi connectivity index (χ2v) is 6.63. The molecule has 9 heteroatoms. The molecule has 0 aliphatic carbocycles. The molecule has 0 saturated carbocycles. The molecule has 23 heavy (non-hydrogen) atoms. The molecule has 0 aliphatic heterocycles. The topological polar surface area (TPSA) is 122 Å². The molecule has 2 amide bonds. The SMILES string of the molecule is Cc1c(NC(=O)NC(C)(C)CCC(=O)O)cc(Br)cc1[N+](=O)[O-]. The Morgan fingerprint density at radius 3 is 2.52 bits per heavy atom. The molecule has 0 heterocycles. The van der Waals surface area contributed by atoms with Crippen LogP contribution in [0.5, 0.6) is 0 Å². The number of nitro benzene ring substituents is 1. The molecule has 0 aromatic heterocycles. The Morgan fingerprint density at radius 1 is 1.39 bits per heavy atom. The van der Waals surface area contributed by atoms with Crippen molar-refractivity contribution in [3.05, 3.63) is 32.3 Å². The monoisotopic (exact) mass is 387 g/mol. The van der Waals surface area contributed by atoms with E-state index in [9.17, 15) is 19.7 Å². The Morgan fingerprint density at radius 2 is 2.00 bits per heavy atom. The van der Waals surface area contributed by atoms with Crippen molar-refractivity contribution < 1.29 is 19.6 Å². The number of carbonyl (C=O) groups is 2. The van der Waals surface area contributed by atoms with E-state index in [1.54, 1.807) is 19.9 Å². The summed E-state index contributed by atoms with van der Waals surface area (Å²) in [6, 6.07) is 2.36. The van der Waals surface area contributed by atoms with Crippen molar-refractivity contribution in [3.8, 4) is 0 Å². The van der Waals surface area contributed by atoms with Crippen LogP contribution in [0.2, 0.25) is 0 Å². The normalized spacial score (nSPS) is 11.0. The minimum Gasteiger partial charge on any atom is -0.481 e. The third kappa shape index (κ3) is 5.85. The Kier molecular flexibility index (Phi) is 6.08. The number of amides is 2. The van der Waals surface area contributed by atoms with E-state index >= 15 is 0 Å². The van der Waals surface area contributed by atoms with Crippen LogP contribution in [0, 0.1) is 17.0 Å². The summed E-state index contributed by atoms with van der Waals surface area (Å²) in [4.78, 5) is 33.1. The summed E-state index contributed by atoms with van der Waals surface area (Å²) in [6.45, 7) is 4.94. The van der Waals surface area contributed by atoms with Gasteiger partial charge < -0.3 is 15.7 Å². The van der Waals surface area contributed by atoms with Crippen molar-refractivity contribution >= 4 is 39.3 Å². The number of halogens is 1. The van der Waals surface area contributed by atoms with Crippen LogP contribution in [0.15, 0.2) is 16.6 Å². The highest BCUT2D eigenvalue weighted by Gasteiger charge is 2.23. The van der Waals surface area contributed by atoms with Crippen LogP contribution in [0.1, 0.15) is 32.3 Å². The van der Waals surface area contributed by atoms with E-state index in [4.69, 9.17) is 5.11 Å². The highest BCUT2D eigenvalue weighted by Crippen LogP contribution is 2.30. The van der Waals surface area contributed by atoms with E-state index < -0.39 is 22.5 Å². The summed E-state index contributed by atoms with van der Waals surface area (Å²) in [5, 5.41) is 24.9. The number of carbonyl (C=O) groups excluding carboxylic acids is 1. The van der Waals surface area contributed by atoms with Gasteiger partial charge in [0.05, 0.1) is 16.2 Å². The maximum absolute atomic E-state index is 12.1. The zero-order valence-corrected chi connectivity index (χ0v) is 14.6. The molecule has 8 nitrogen and oxygen atoms in total. The van der Waals surface area contributed by atoms with Crippen molar-refractivity contribution in [2.24, 2.45) is 0 Å². The molecule has 3 N–H and O–H groups in total. The summed E-state index contributed by atoms with van der Waals surface area (Å²) in [5.41, 5.74) is -0.206. The molecule has 0 unspecified atom stereocenters. The predicted octanol–water partition coefficient (Wildman–Crippen LogP) is 3.43. The molecule has 0 fully saturated rings. The lowest BCUT2D eigenvalue weighted by Gasteiger charge is -2.26. The number of nitro groups is 1. The van der Waals surface area contributed by atoms with Crippen LogP contribution in [-0.2, 0) is 4.79 Å². The van der Waals surface area contributed by atoms with Gasteiger partial charge in [-0.1, -0.05) is 15.9 Å². The maximum atomic E-state index is 12.1. The average molecular weight is 388 g/mol. The van der Waals surface area contributed by atoms with E-state index in [2.05, 4.69) is 26.6 Å². The Balaban J connectivity index is 2.85. The predicted molar refractivity (Wildman–Crippen MR) is 88.6 cm³/mol. The third-order valence-corrected chi connectivity index (χ3v) is 3.66. The summed E-state index contributed by atoms with van der Waals surface area (Å²) in [5.74, 6) is -0.946. The second kappa shape index (κ2) is 7.40. The van der Waals surface area contributed by atoms with Crippen LogP contribution in [-0.4, -0.2) is 27.6 Å². The van der Waals surface area contributed by atoms with E-state index in [-0.39, 0.29) is 18.5 Å². The van der Waals surface area contributed by atoms with Crippen molar-refractivity contribution in [2.45, 2.75) is 39.2 Å². The van der Waals surface area contributed by atoms with Gasteiger partial charge >= 0.3 is 12.0 Å². The van der Waals surface area contributed by atoms with Crippen LogP contribution in [0.25, 0.3) is 0 Å². The molecule has 0 bridgehead atoms. The van der Waals surface area contributed by atoms with Gasteiger partial charge in [-0.2, -0.15) is 0 Å². The number of hydrogen-bond acceptors (Lipinski definition) is 4. The summed E-state index contributed by atoms with van der Waals surface area (Å²) in [6.07, 6.45) is 0.183. The molecule has 0 saturated heterocycles. The zero-order valence-electron chi connectivity index (χ0n) is 13.0. The van der Waals surface area contributed by atoms with E-state index in [1.165, 1.54) is 13.0 Å². The first-order valence-electron chi connectivity index (χ1n) is 6.77. The van der Waals surface area contributed by atoms with Gasteiger partial charge in [-0.3, -0.25) is 14.9 Å². The van der Waals surface area contributed by atoms with Gasteiger partial charge in [0.1, 0.15) is 0 Å². The molecule has 1 aromatic carbocycles. The number of nitrogens with zero attached hydrogens (tertiary/aromatic N) is 1. The lowest BCUT2D eigenvalue weighted by Crippen LogP contribution is -2.45. The highest BCUT2D eigenvalue weighted by atomic mass is 79.9. The number of aliphatic carboxylic acids is 1. The first-order chi connectivity index (χ1) is 10.5. The van der Waals surface area contributed by atoms with Crippen LogP contribution in [0.3, 0.4) is 0 Å². The summed E-state index contributed by atoms with van der Waals surface area (Å²) >= 11 is 3.17. The molecule has 1 rings (SSSR count). The van der Waals surface area contributed by atoms with E-state index in [1.807, 2.05) is 0 Å². The molecule has 0 radical (unpaired) electrons. The minimum absolute atomic E-state index is 0.0747. The molecule has 126 valence electrons. The van der Waals surface area contributed by atoms with Crippen molar-refractivity contribution in [1.29, 1.82) is 0 Å². The van der Waals surface area contributed by atoms with Gasteiger partial charge in [0.15, 0.2) is 0 Å². The molecule has 0 spiro atoms. The first-order valence-corrected chi connectivity index (χ1v) is 7.56. The Labute approximate surface area is 141 Å². The number of carboxylic acid groups (broad SMARTS) is 1. The summed E-state index contributed by atoms with van der Waals surface area (Å²) in [7, 11) is 0. The third-order valence-electron chi connectivity index (χ3n) is 3.21.